The van der Waals surface area contributed by atoms with Crippen LogP contribution in [0.4, 0.5) is 18.9 Å². The van der Waals surface area contributed by atoms with Crippen molar-refractivity contribution in [3.8, 4) is 0 Å². The highest BCUT2D eigenvalue weighted by Crippen LogP contribution is 2.39. The highest BCUT2D eigenvalue weighted by atomic mass is 19.4. The predicted molar refractivity (Wildman–Crippen MR) is 124 cm³/mol. The van der Waals surface area contributed by atoms with E-state index in [-0.39, 0.29) is 23.3 Å². The molecule has 0 N–H and O–H groups in total. The predicted octanol–water partition coefficient (Wildman–Crippen LogP) is 4.31. The Morgan fingerprint density at radius 3 is 2.58 bits per heavy atom. The van der Waals surface area contributed by atoms with Gasteiger partial charge in [-0.1, -0.05) is 6.92 Å². The minimum atomic E-state index is -4.45. The van der Waals surface area contributed by atoms with E-state index >= 15 is 0 Å². The van der Waals surface area contributed by atoms with Gasteiger partial charge in [-0.2, -0.15) is 13.2 Å². The number of anilines is 1. The number of piperazine rings is 1. The van der Waals surface area contributed by atoms with Crippen LogP contribution in [0.25, 0.3) is 10.9 Å². The standard InChI is InChI=1S/C25H33F3N4O/c1-17-13-19(14-23(33)18(2)31-11-9-30(3)10-12-31)16-32(15-17)22-7-6-21(25(26,27)28)24-20(22)5-4-8-29-24/h4-8,17-19H,9-16H2,1-3H3/t17-,18-,19-/m0/s1. The van der Waals surface area contributed by atoms with Crippen molar-refractivity contribution in [1.82, 2.24) is 14.8 Å². The topological polar surface area (TPSA) is 39.7 Å². The zero-order chi connectivity index (χ0) is 23.8. The Kier molecular flexibility index (Phi) is 6.96. The number of benzene rings is 1. The number of hydrogen-bond acceptors (Lipinski definition) is 5. The summed E-state index contributed by atoms with van der Waals surface area (Å²) in [6.45, 7) is 9.34. The lowest BCUT2D eigenvalue weighted by molar-refractivity contribution is -0.136. The number of fused-ring (bicyclic) bond motifs is 1. The lowest BCUT2D eigenvalue weighted by atomic mass is 9.85. The third kappa shape index (κ3) is 5.32. The summed E-state index contributed by atoms with van der Waals surface area (Å²) in [7, 11) is 2.10. The van der Waals surface area contributed by atoms with Crippen molar-refractivity contribution in [3.05, 3.63) is 36.0 Å². The normalized spacial score (nSPS) is 24.2. The molecule has 8 heteroatoms. The number of carbonyl (C=O) groups is 1. The maximum Gasteiger partial charge on any atom is 0.418 e. The summed E-state index contributed by atoms with van der Waals surface area (Å²) in [6, 6.07) is 6.00. The number of pyridine rings is 1. The molecule has 0 radical (unpaired) electrons. The quantitative estimate of drug-likeness (QED) is 0.662. The van der Waals surface area contributed by atoms with E-state index in [1.54, 1.807) is 18.2 Å². The van der Waals surface area contributed by atoms with E-state index in [0.717, 1.165) is 50.9 Å². The molecule has 0 amide bonds. The molecule has 0 spiro atoms. The summed E-state index contributed by atoms with van der Waals surface area (Å²) < 4.78 is 40.5. The van der Waals surface area contributed by atoms with Crippen molar-refractivity contribution in [2.45, 2.75) is 38.9 Å². The number of hydrogen-bond donors (Lipinski definition) is 0. The van der Waals surface area contributed by atoms with Gasteiger partial charge >= 0.3 is 6.18 Å². The summed E-state index contributed by atoms with van der Waals surface area (Å²) in [5, 5.41) is 0.511. The molecule has 2 aliphatic heterocycles. The van der Waals surface area contributed by atoms with Crippen LogP contribution in [0, 0.1) is 11.8 Å². The number of rotatable bonds is 5. The van der Waals surface area contributed by atoms with Crippen molar-refractivity contribution in [1.29, 1.82) is 0 Å². The monoisotopic (exact) mass is 462 g/mol. The first kappa shape index (κ1) is 24.0. The molecule has 2 saturated heterocycles. The summed E-state index contributed by atoms with van der Waals surface area (Å²) in [5.74, 6) is 0.798. The number of carbonyl (C=O) groups excluding carboxylic acids is 1. The fourth-order valence-electron chi connectivity index (χ4n) is 5.36. The molecule has 2 aliphatic rings. The second-order valence-corrected chi connectivity index (χ2v) is 9.83. The van der Waals surface area contributed by atoms with Gasteiger partial charge in [0, 0.05) is 63.0 Å². The molecule has 3 heterocycles. The van der Waals surface area contributed by atoms with Crippen LogP contribution in [0.1, 0.15) is 32.3 Å². The SMILES string of the molecule is C[C@H]1C[C@@H](CC(=O)[C@H](C)N2CCN(C)CC2)CN(c2ccc(C(F)(F)F)c3ncccc23)C1. The van der Waals surface area contributed by atoms with Crippen LogP contribution in [-0.4, -0.2) is 72.9 Å². The lowest BCUT2D eigenvalue weighted by Crippen LogP contribution is -2.51. The minimum absolute atomic E-state index is 0.0166. The van der Waals surface area contributed by atoms with Gasteiger partial charge in [0.1, 0.15) is 5.78 Å². The van der Waals surface area contributed by atoms with E-state index in [1.165, 1.54) is 6.20 Å². The zero-order valence-corrected chi connectivity index (χ0v) is 19.6. The maximum atomic E-state index is 13.5. The van der Waals surface area contributed by atoms with Crippen LogP contribution in [0.2, 0.25) is 0 Å². The van der Waals surface area contributed by atoms with Crippen LogP contribution in [-0.2, 0) is 11.0 Å². The van der Waals surface area contributed by atoms with Gasteiger partial charge in [-0.05, 0) is 56.5 Å². The van der Waals surface area contributed by atoms with E-state index in [2.05, 4.69) is 33.7 Å². The highest BCUT2D eigenvalue weighted by Gasteiger charge is 2.35. The largest absolute Gasteiger partial charge is 0.418 e. The van der Waals surface area contributed by atoms with E-state index in [1.807, 2.05) is 6.92 Å². The van der Waals surface area contributed by atoms with Crippen LogP contribution < -0.4 is 4.90 Å². The lowest BCUT2D eigenvalue weighted by Gasteiger charge is -2.40. The number of halogens is 3. The average Bonchev–Trinajstić information content (AvgIpc) is 2.77. The van der Waals surface area contributed by atoms with Gasteiger partial charge in [-0.15, -0.1) is 0 Å². The molecule has 4 rings (SSSR count). The molecule has 0 bridgehead atoms. The Morgan fingerprint density at radius 2 is 1.88 bits per heavy atom. The first-order chi connectivity index (χ1) is 15.6. The van der Waals surface area contributed by atoms with Gasteiger partial charge < -0.3 is 9.80 Å². The van der Waals surface area contributed by atoms with E-state index in [9.17, 15) is 18.0 Å². The third-order valence-corrected chi connectivity index (χ3v) is 7.18. The first-order valence-corrected chi connectivity index (χ1v) is 11.8. The summed E-state index contributed by atoms with van der Waals surface area (Å²) in [5.41, 5.74) is 0.0406. The molecule has 2 fully saturated rings. The molecule has 2 aromatic rings. The molecular formula is C25H33F3N4O. The van der Waals surface area contributed by atoms with Crippen LogP contribution in [0.15, 0.2) is 30.5 Å². The van der Waals surface area contributed by atoms with Gasteiger partial charge in [0.2, 0.25) is 0 Å². The van der Waals surface area contributed by atoms with E-state index in [0.29, 0.717) is 24.3 Å². The number of ketones is 1. The molecule has 0 aliphatic carbocycles. The number of Topliss-reactive ketones (excluding diaryl/α,β-unsaturated/α-hetero) is 1. The Labute approximate surface area is 193 Å². The van der Waals surface area contributed by atoms with Gasteiger partial charge in [0.15, 0.2) is 0 Å². The number of nitrogens with zero attached hydrogens (tertiary/aromatic N) is 4. The van der Waals surface area contributed by atoms with E-state index < -0.39 is 11.7 Å². The molecule has 5 nitrogen and oxygen atoms in total. The van der Waals surface area contributed by atoms with Gasteiger partial charge in [0.25, 0.3) is 0 Å². The Hall–Kier alpha value is -2.19. The van der Waals surface area contributed by atoms with Gasteiger partial charge in [-0.3, -0.25) is 14.7 Å². The molecular weight excluding hydrogens is 429 g/mol. The fraction of sp³-hybridized carbons (Fsp3) is 0.600. The minimum Gasteiger partial charge on any atom is -0.370 e. The zero-order valence-electron chi connectivity index (χ0n) is 19.6. The Balaban J connectivity index is 1.51. The summed E-state index contributed by atoms with van der Waals surface area (Å²) >= 11 is 0. The van der Waals surface area contributed by atoms with Crippen LogP contribution in [0.5, 0.6) is 0 Å². The van der Waals surface area contributed by atoms with Crippen LogP contribution >= 0.6 is 0 Å². The second-order valence-electron chi connectivity index (χ2n) is 9.83. The maximum absolute atomic E-state index is 13.5. The van der Waals surface area contributed by atoms with Gasteiger partial charge in [-0.25, -0.2) is 0 Å². The molecule has 1 aromatic carbocycles. The summed E-state index contributed by atoms with van der Waals surface area (Å²) in [4.78, 5) is 23.9. The number of piperidine rings is 1. The van der Waals surface area contributed by atoms with Crippen molar-refractivity contribution in [2.24, 2.45) is 11.8 Å². The average molecular weight is 463 g/mol. The second kappa shape index (κ2) is 9.58. The smallest absolute Gasteiger partial charge is 0.370 e. The fourth-order valence-corrected chi connectivity index (χ4v) is 5.36. The van der Waals surface area contributed by atoms with Crippen molar-refractivity contribution < 1.29 is 18.0 Å². The number of likely N-dealkylation sites (N-methyl/N-ethyl adjacent to an activating group) is 1. The molecule has 180 valence electrons. The first-order valence-electron chi connectivity index (χ1n) is 11.8. The van der Waals surface area contributed by atoms with Crippen molar-refractivity contribution in [3.63, 3.8) is 0 Å². The Bertz CT molecular complexity index is 987. The van der Waals surface area contributed by atoms with Gasteiger partial charge in [0.05, 0.1) is 17.1 Å². The molecule has 1 aromatic heterocycles. The molecule has 0 unspecified atom stereocenters. The van der Waals surface area contributed by atoms with Crippen molar-refractivity contribution >= 4 is 22.4 Å². The summed E-state index contributed by atoms with van der Waals surface area (Å²) in [6.07, 6.45) is -1.59. The Morgan fingerprint density at radius 1 is 1.15 bits per heavy atom. The van der Waals surface area contributed by atoms with Crippen molar-refractivity contribution in [2.75, 3.05) is 51.2 Å². The number of alkyl halides is 3. The number of aromatic nitrogens is 1. The molecule has 0 saturated carbocycles. The van der Waals surface area contributed by atoms with E-state index in [4.69, 9.17) is 0 Å². The third-order valence-electron chi connectivity index (χ3n) is 7.18. The highest BCUT2D eigenvalue weighted by molar-refractivity contribution is 5.94. The molecule has 3 atom stereocenters. The molecule has 33 heavy (non-hydrogen) atoms. The van der Waals surface area contributed by atoms with Crippen LogP contribution in [0.3, 0.4) is 0 Å².